The third kappa shape index (κ3) is 3.40. The molecule has 1 saturated heterocycles. The molecule has 0 aromatic heterocycles. The third-order valence-electron chi connectivity index (χ3n) is 5.12. The summed E-state index contributed by atoms with van der Waals surface area (Å²) in [5.74, 6) is 0.961. The second kappa shape index (κ2) is 6.23. The summed E-state index contributed by atoms with van der Waals surface area (Å²) < 4.78 is 5.50. The van der Waals surface area contributed by atoms with Gasteiger partial charge >= 0.3 is 0 Å². The first-order chi connectivity index (χ1) is 11.2. The number of methoxy groups -OCH3 is 1. The molecule has 0 bridgehead atoms. The fourth-order valence-electron chi connectivity index (χ4n) is 4.37. The van der Waals surface area contributed by atoms with Crippen LogP contribution in [0.3, 0.4) is 0 Å². The average molecular weight is 345 g/mol. The Morgan fingerprint density at radius 3 is 2.42 bits per heavy atom. The maximum Gasteiger partial charge on any atom is 0.131 e. The number of ether oxygens (including phenoxy) is 1. The van der Waals surface area contributed by atoms with Crippen molar-refractivity contribution < 1.29 is 4.74 Å². The monoisotopic (exact) mass is 344 g/mol. The van der Waals surface area contributed by atoms with Gasteiger partial charge in [0.2, 0.25) is 0 Å². The topological polar surface area (TPSA) is 24.5 Å². The summed E-state index contributed by atoms with van der Waals surface area (Å²) in [7, 11) is 0.0861. The van der Waals surface area contributed by atoms with Crippen LogP contribution < -0.4 is 9.72 Å². The summed E-state index contributed by atoms with van der Waals surface area (Å²) in [6, 6.07) is 6.65. The minimum Gasteiger partial charge on any atom is -0.497 e. The number of nitrogens with one attached hydrogen (secondary N) is 1. The van der Waals surface area contributed by atoms with Crippen LogP contribution in [-0.4, -0.2) is 38.9 Å². The zero-order chi connectivity index (χ0) is 17.5. The summed E-state index contributed by atoms with van der Waals surface area (Å²) in [5.41, 5.74) is 4.95. The van der Waals surface area contributed by atoms with Gasteiger partial charge in [-0.3, -0.25) is 0 Å². The highest BCUT2D eigenvalue weighted by Crippen LogP contribution is 2.44. The normalized spacial score (nSPS) is 21.0. The van der Waals surface area contributed by atoms with E-state index in [1.54, 1.807) is 7.11 Å². The Kier molecular flexibility index (Phi) is 4.56. The van der Waals surface area contributed by atoms with Gasteiger partial charge in [-0.05, 0) is 51.3 Å². The summed E-state index contributed by atoms with van der Waals surface area (Å²) in [6.07, 6.45) is 5.16. The number of hydrogen-bond donors (Lipinski definition) is 1. The predicted molar refractivity (Wildman–Crippen MR) is 105 cm³/mol. The van der Waals surface area contributed by atoms with E-state index in [-0.39, 0.29) is 5.54 Å². The second-order valence-corrected chi connectivity index (χ2v) is 13.1. The number of nitrogens with zero attached hydrogens (tertiary/aromatic N) is 1. The molecule has 0 saturated carbocycles. The molecule has 1 fully saturated rings. The van der Waals surface area contributed by atoms with Crippen LogP contribution in [-0.2, 0) is 0 Å². The van der Waals surface area contributed by atoms with Crippen LogP contribution >= 0.6 is 0 Å². The highest BCUT2D eigenvalue weighted by atomic mass is 28.3. The summed E-state index contributed by atoms with van der Waals surface area (Å²) in [5, 5.41) is 0. The Hall–Kier alpha value is -1.26. The van der Waals surface area contributed by atoms with Gasteiger partial charge in [-0.1, -0.05) is 25.2 Å². The summed E-state index contributed by atoms with van der Waals surface area (Å²) in [6.45, 7) is 14.1. The van der Waals surface area contributed by atoms with Gasteiger partial charge in [-0.25, -0.2) is 0 Å². The lowest BCUT2D eigenvalue weighted by Gasteiger charge is -2.37. The predicted octanol–water partition coefficient (Wildman–Crippen LogP) is 4.36. The van der Waals surface area contributed by atoms with E-state index < -0.39 is 8.24 Å². The van der Waals surface area contributed by atoms with Crippen molar-refractivity contribution >= 4 is 13.9 Å². The molecule has 1 heterocycles. The first kappa shape index (κ1) is 17.6. The van der Waals surface area contributed by atoms with Gasteiger partial charge in [0, 0.05) is 35.4 Å². The quantitative estimate of drug-likeness (QED) is 0.821. The van der Waals surface area contributed by atoms with Crippen molar-refractivity contribution in [1.82, 2.24) is 9.88 Å². The standard InChI is InChI=1S/C20H32N2OSi/c1-20(2,3)21-24(5,6)19-14-18(22-11-7-8-12-22)17-13-15(23-4)9-10-16(17)19/h9-10,13-14,19,21H,7-8,11-12H2,1-6H3. The van der Waals surface area contributed by atoms with Gasteiger partial charge in [0.05, 0.1) is 7.11 Å². The number of benzene rings is 1. The van der Waals surface area contributed by atoms with E-state index in [1.807, 2.05) is 0 Å². The first-order valence-corrected chi connectivity index (χ1v) is 12.2. The minimum absolute atomic E-state index is 0.145. The molecule has 0 spiro atoms. The molecule has 1 unspecified atom stereocenters. The first-order valence-electron chi connectivity index (χ1n) is 9.16. The molecular weight excluding hydrogens is 312 g/mol. The van der Waals surface area contributed by atoms with Crippen molar-refractivity contribution in [3.63, 3.8) is 0 Å². The summed E-state index contributed by atoms with van der Waals surface area (Å²) >= 11 is 0. The van der Waals surface area contributed by atoms with E-state index in [0.29, 0.717) is 5.54 Å². The fourth-order valence-corrected chi connectivity index (χ4v) is 8.06. The third-order valence-corrected chi connectivity index (χ3v) is 8.54. The van der Waals surface area contributed by atoms with E-state index >= 15 is 0 Å². The Morgan fingerprint density at radius 1 is 1.17 bits per heavy atom. The van der Waals surface area contributed by atoms with E-state index in [0.717, 1.165) is 5.75 Å². The molecule has 3 nitrogen and oxygen atoms in total. The Labute approximate surface area is 148 Å². The highest BCUT2D eigenvalue weighted by Gasteiger charge is 2.40. The fraction of sp³-hybridized carbons (Fsp3) is 0.600. The minimum atomic E-state index is -1.67. The van der Waals surface area contributed by atoms with Crippen molar-refractivity contribution in [3.8, 4) is 5.75 Å². The Balaban J connectivity index is 2.02. The van der Waals surface area contributed by atoms with Gasteiger partial charge in [-0.15, -0.1) is 0 Å². The zero-order valence-electron chi connectivity index (χ0n) is 16.1. The van der Waals surface area contributed by atoms with Crippen LogP contribution in [0.4, 0.5) is 0 Å². The van der Waals surface area contributed by atoms with Crippen molar-refractivity contribution in [2.75, 3.05) is 20.2 Å². The molecule has 1 N–H and O–H groups in total. The van der Waals surface area contributed by atoms with Crippen LogP contribution in [0.5, 0.6) is 5.75 Å². The van der Waals surface area contributed by atoms with Crippen LogP contribution in [0.1, 0.15) is 50.3 Å². The van der Waals surface area contributed by atoms with Gasteiger partial charge in [0.25, 0.3) is 0 Å². The molecule has 2 aliphatic rings. The smallest absolute Gasteiger partial charge is 0.131 e. The van der Waals surface area contributed by atoms with Crippen molar-refractivity contribution in [2.45, 2.75) is 57.8 Å². The number of allylic oxidation sites excluding steroid dienone is 1. The van der Waals surface area contributed by atoms with Crippen LogP contribution in [0.25, 0.3) is 5.70 Å². The molecule has 4 heteroatoms. The van der Waals surface area contributed by atoms with E-state index in [2.05, 4.69) is 68.0 Å². The van der Waals surface area contributed by atoms with E-state index in [1.165, 1.54) is 42.8 Å². The zero-order valence-corrected chi connectivity index (χ0v) is 17.1. The van der Waals surface area contributed by atoms with Crippen molar-refractivity contribution in [2.24, 2.45) is 0 Å². The molecule has 1 aromatic carbocycles. The highest BCUT2D eigenvalue weighted by molar-refractivity contribution is 6.77. The Morgan fingerprint density at radius 2 is 1.83 bits per heavy atom. The lowest BCUT2D eigenvalue weighted by Crippen LogP contribution is -2.57. The molecule has 1 aromatic rings. The van der Waals surface area contributed by atoms with Crippen molar-refractivity contribution in [3.05, 3.63) is 35.4 Å². The molecule has 3 rings (SSSR count). The molecule has 132 valence electrons. The molecule has 1 aliphatic heterocycles. The molecule has 1 atom stereocenters. The molecule has 0 radical (unpaired) electrons. The number of hydrogen-bond acceptors (Lipinski definition) is 3. The molecular formula is C20H32N2OSi. The largest absolute Gasteiger partial charge is 0.497 e. The maximum absolute atomic E-state index is 5.50. The lowest BCUT2D eigenvalue weighted by molar-refractivity contribution is 0.414. The lowest BCUT2D eigenvalue weighted by atomic mass is 10.1. The average Bonchev–Trinajstić information content (AvgIpc) is 3.11. The molecule has 1 aliphatic carbocycles. The van der Waals surface area contributed by atoms with Crippen molar-refractivity contribution in [1.29, 1.82) is 0 Å². The van der Waals surface area contributed by atoms with Gasteiger partial charge in [-0.2, -0.15) is 0 Å². The number of likely N-dealkylation sites (tertiary alicyclic amines) is 1. The maximum atomic E-state index is 5.50. The number of rotatable bonds is 4. The SMILES string of the molecule is COc1ccc2c(c1)C(N1CCCC1)=CC2[Si](C)(C)NC(C)(C)C. The van der Waals surface area contributed by atoms with Gasteiger partial charge < -0.3 is 14.6 Å². The van der Waals surface area contributed by atoms with Crippen LogP contribution in [0.15, 0.2) is 24.3 Å². The van der Waals surface area contributed by atoms with E-state index in [4.69, 9.17) is 4.74 Å². The molecule has 24 heavy (non-hydrogen) atoms. The number of fused-ring (bicyclic) bond motifs is 1. The summed E-state index contributed by atoms with van der Waals surface area (Å²) in [4.78, 5) is 6.53. The second-order valence-electron chi connectivity index (χ2n) is 8.77. The van der Waals surface area contributed by atoms with Crippen LogP contribution in [0, 0.1) is 0 Å². The Bertz CT molecular complexity index is 640. The van der Waals surface area contributed by atoms with Crippen LogP contribution in [0.2, 0.25) is 13.1 Å². The molecule has 0 amide bonds. The van der Waals surface area contributed by atoms with E-state index in [9.17, 15) is 0 Å². The van der Waals surface area contributed by atoms with Gasteiger partial charge in [0.15, 0.2) is 0 Å². The van der Waals surface area contributed by atoms with Gasteiger partial charge in [0.1, 0.15) is 14.0 Å².